The number of aliphatic hydroxyl groups excluding tert-OH is 1. The smallest absolute Gasteiger partial charge is 0.246 e. The molecule has 0 saturated carbocycles. The molecule has 0 radical (unpaired) electrons. The Morgan fingerprint density at radius 1 is 0.867 bits per heavy atom. The number of primary amides is 2. The molecule has 5 N–H and O–H groups in total. The van der Waals surface area contributed by atoms with E-state index in [1.54, 1.807) is 13.8 Å². The van der Waals surface area contributed by atoms with Crippen LogP contribution in [0.3, 0.4) is 0 Å². The average molecular weight is 641 g/mol. The van der Waals surface area contributed by atoms with Crippen LogP contribution in [0.25, 0.3) is 0 Å². The van der Waals surface area contributed by atoms with Gasteiger partial charge in [0.25, 0.3) is 0 Å². The van der Waals surface area contributed by atoms with Crippen molar-refractivity contribution in [1.29, 1.82) is 0 Å². The molecule has 7 unspecified atom stereocenters. The number of hydrogen-bond donors (Lipinski definition) is 3. The second-order valence-electron chi connectivity index (χ2n) is 13.1. The Bertz CT molecular complexity index is 1020. The highest BCUT2D eigenvalue weighted by atomic mass is 16.5. The number of nitrogens with two attached hydrogens (primary N) is 2. The fourth-order valence-corrected chi connectivity index (χ4v) is 6.37. The third kappa shape index (κ3) is 11.6. The van der Waals surface area contributed by atoms with Crippen molar-refractivity contribution in [3.63, 3.8) is 0 Å². The van der Waals surface area contributed by atoms with Gasteiger partial charge in [0.2, 0.25) is 23.6 Å². The second-order valence-corrected chi connectivity index (χ2v) is 13.1. The normalized spacial score (nSPS) is 22.1. The molecule has 2 aliphatic rings. The van der Waals surface area contributed by atoms with Gasteiger partial charge in [-0.2, -0.15) is 0 Å². The molecule has 2 rings (SSSR count). The average Bonchev–Trinajstić information content (AvgIpc) is 3.63. The van der Waals surface area contributed by atoms with Crippen LogP contribution in [0, 0.1) is 11.8 Å². The second kappa shape index (κ2) is 17.9. The summed E-state index contributed by atoms with van der Waals surface area (Å²) in [6, 6.07) is -1.42. The summed E-state index contributed by atoms with van der Waals surface area (Å²) in [6.07, 6.45) is 1.55. The monoisotopic (exact) mass is 640 g/mol. The minimum atomic E-state index is -1.11. The van der Waals surface area contributed by atoms with Crippen molar-refractivity contribution < 1.29 is 43.3 Å². The molecule has 2 aliphatic heterocycles. The lowest BCUT2D eigenvalue weighted by Crippen LogP contribution is -2.54. The number of ether oxygens (including phenoxy) is 3. The molecule has 7 atom stereocenters. The van der Waals surface area contributed by atoms with Crippen LogP contribution >= 0.6 is 0 Å². The molecule has 4 amide bonds. The summed E-state index contributed by atoms with van der Waals surface area (Å²) in [5.74, 6) is -3.63. The maximum absolute atomic E-state index is 13.9. The number of amides is 4. The number of likely N-dealkylation sites (tertiary alicyclic amines) is 2. The van der Waals surface area contributed by atoms with Crippen LogP contribution in [-0.4, -0.2) is 113 Å². The Morgan fingerprint density at radius 3 is 2.02 bits per heavy atom. The Hall–Kier alpha value is -2.61. The van der Waals surface area contributed by atoms with E-state index in [2.05, 4.69) is 0 Å². The minimum Gasteiger partial charge on any atom is -0.393 e. The largest absolute Gasteiger partial charge is 0.393 e. The number of hydrogen-bond acceptors (Lipinski definition) is 9. The number of carbonyl (C=O) groups is 5. The van der Waals surface area contributed by atoms with Crippen LogP contribution in [0.15, 0.2) is 0 Å². The SMILES string of the molecule is CCC(C(=O)CC(C)OCCC(C)(C)OCCOC(C)CC(N)=O)C(C(=O)N1CCCC1C(=O)N1CCCC1C(N)=O)C(C)O. The van der Waals surface area contributed by atoms with Gasteiger partial charge in [0.1, 0.15) is 17.9 Å². The molecule has 0 spiro atoms. The van der Waals surface area contributed by atoms with E-state index in [0.29, 0.717) is 71.4 Å². The summed E-state index contributed by atoms with van der Waals surface area (Å²) in [4.78, 5) is 66.6. The van der Waals surface area contributed by atoms with Crippen LogP contribution in [0.2, 0.25) is 0 Å². The van der Waals surface area contributed by atoms with Crippen molar-refractivity contribution in [2.45, 2.75) is 129 Å². The first-order valence-corrected chi connectivity index (χ1v) is 16.4. The Kier molecular flexibility index (Phi) is 15.4. The third-order valence-corrected chi connectivity index (χ3v) is 8.84. The Balaban J connectivity index is 1.93. The van der Waals surface area contributed by atoms with E-state index in [1.165, 1.54) is 16.7 Å². The van der Waals surface area contributed by atoms with Gasteiger partial charge < -0.3 is 40.6 Å². The Labute approximate surface area is 267 Å². The maximum atomic E-state index is 13.9. The number of aliphatic hydroxyl groups is 1. The lowest BCUT2D eigenvalue weighted by Gasteiger charge is -2.35. The molecule has 0 aromatic carbocycles. The quantitative estimate of drug-likeness (QED) is 0.165. The summed E-state index contributed by atoms with van der Waals surface area (Å²) >= 11 is 0. The predicted octanol–water partition coefficient (Wildman–Crippen LogP) is 1.31. The van der Waals surface area contributed by atoms with Gasteiger partial charge in [-0.1, -0.05) is 6.92 Å². The zero-order chi connectivity index (χ0) is 33.9. The van der Waals surface area contributed by atoms with E-state index >= 15 is 0 Å². The fraction of sp³-hybridized carbons (Fsp3) is 0.844. The van der Waals surface area contributed by atoms with Crippen molar-refractivity contribution in [3.8, 4) is 0 Å². The van der Waals surface area contributed by atoms with Crippen molar-refractivity contribution >= 4 is 29.4 Å². The molecule has 258 valence electrons. The molecule has 0 aliphatic carbocycles. The van der Waals surface area contributed by atoms with E-state index in [0.717, 1.165) is 0 Å². The van der Waals surface area contributed by atoms with Gasteiger partial charge in [0.05, 0.1) is 49.5 Å². The molecule has 0 aromatic heterocycles. The van der Waals surface area contributed by atoms with Gasteiger partial charge in [0, 0.05) is 32.0 Å². The zero-order valence-electron chi connectivity index (χ0n) is 28.0. The van der Waals surface area contributed by atoms with Gasteiger partial charge in [-0.15, -0.1) is 0 Å². The van der Waals surface area contributed by atoms with Gasteiger partial charge in [-0.3, -0.25) is 24.0 Å². The van der Waals surface area contributed by atoms with E-state index < -0.39 is 59.5 Å². The molecule has 2 saturated heterocycles. The Morgan fingerprint density at radius 2 is 1.44 bits per heavy atom. The summed E-state index contributed by atoms with van der Waals surface area (Å²) in [5.41, 5.74) is 10.2. The summed E-state index contributed by atoms with van der Waals surface area (Å²) in [6.45, 7) is 12.5. The van der Waals surface area contributed by atoms with Crippen molar-refractivity contribution in [1.82, 2.24) is 9.80 Å². The molecule has 13 heteroatoms. The third-order valence-electron chi connectivity index (χ3n) is 8.84. The van der Waals surface area contributed by atoms with Crippen LogP contribution < -0.4 is 11.5 Å². The molecule has 45 heavy (non-hydrogen) atoms. The summed E-state index contributed by atoms with van der Waals surface area (Å²) < 4.78 is 17.4. The fourth-order valence-electron chi connectivity index (χ4n) is 6.37. The molecule has 0 bridgehead atoms. The van der Waals surface area contributed by atoms with Crippen LogP contribution in [0.1, 0.15) is 92.9 Å². The standard InChI is InChI=1S/C32H56N4O9/c1-7-23(26(38)18-20(2)43-15-12-32(5,6)45-17-16-44-21(3)19-27(33)39)28(22(4)37)31(42)36-14-9-11-25(36)30(41)35-13-8-10-24(35)29(34)40/h20-25,28,37H,7-19H2,1-6H3,(H2,33,39)(H2,34,40). The maximum Gasteiger partial charge on any atom is 0.246 e. The highest BCUT2D eigenvalue weighted by Gasteiger charge is 2.46. The highest BCUT2D eigenvalue weighted by molar-refractivity contribution is 5.95. The minimum absolute atomic E-state index is 0.0678. The van der Waals surface area contributed by atoms with Crippen molar-refractivity contribution in [2.24, 2.45) is 23.3 Å². The van der Waals surface area contributed by atoms with Gasteiger partial charge in [-0.05, 0) is 73.1 Å². The van der Waals surface area contributed by atoms with E-state index in [-0.39, 0.29) is 30.6 Å². The summed E-state index contributed by atoms with van der Waals surface area (Å²) in [7, 11) is 0. The van der Waals surface area contributed by atoms with E-state index in [1.807, 2.05) is 20.8 Å². The lowest BCUT2D eigenvalue weighted by atomic mass is 9.80. The van der Waals surface area contributed by atoms with Gasteiger partial charge >= 0.3 is 0 Å². The first-order chi connectivity index (χ1) is 21.1. The first-order valence-electron chi connectivity index (χ1n) is 16.4. The van der Waals surface area contributed by atoms with Crippen molar-refractivity contribution in [2.75, 3.05) is 32.9 Å². The number of carbonyl (C=O) groups excluding carboxylic acids is 5. The van der Waals surface area contributed by atoms with E-state index in [9.17, 15) is 29.1 Å². The van der Waals surface area contributed by atoms with Crippen LogP contribution in [0.4, 0.5) is 0 Å². The lowest BCUT2D eigenvalue weighted by molar-refractivity contribution is -0.153. The molecule has 2 fully saturated rings. The number of Topliss-reactive ketones (excluding diaryl/α,β-unsaturated/α-hetero) is 1. The molecule has 0 aromatic rings. The summed E-state index contributed by atoms with van der Waals surface area (Å²) in [5, 5.41) is 10.7. The van der Waals surface area contributed by atoms with Crippen LogP contribution in [-0.2, 0) is 38.2 Å². The zero-order valence-corrected chi connectivity index (χ0v) is 28.0. The van der Waals surface area contributed by atoms with Crippen molar-refractivity contribution in [3.05, 3.63) is 0 Å². The molecule has 2 heterocycles. The van der Waals surface area contributed by atoms with Gasteiger partial charge in [0.15, 0.2) is 0 Å². The number of nitrogens with zero attached hydrogens (tertiary/aromatic N) is 2. The number of ketones is 1. The molecule has 13 nitrogen and oxygen atoms in total. The highest BCUT2D eigenvalue weighted by Crippen LogP contribution is 2.31. The van der Waals surface area contributed by atoms with E-state index in [4.69, 9.17) is 25.7 Å². The van der Waals surface area contributed by atoms with Gasteiger partial charge in [-0.25, -0.2) is 0 Å². The molecular formula is C32H56N4O9. The predicted molar refractivity (Wildman–Crippen MR) is 167 cm³/mol. The first kappa shape index (κ1) is 38.6. The topological polar surface area (TPSA) is 192 Å². The number of rotatable bonds is 20. The molecular weight excluding hydrogens is 584 g/mol. The van der Waals surface area contributed by atoms with Crippen LogP contribution in [0.5, 0.6) is 0 Å².